The molecule has 0 spiro atoms. The van der Waals surface area contributed by atoms with Gasteiger partial charge in [-0.05, 0) is 17.7 Å². The van der Waals surface area contributed by atoms with Crippen LogP contribution in [-0.2, 0) is 16.0 Å². The molecule has 0 heterocycles. The minimum Gasteiger partial charge on any atom is -0.508 e. The SMILES string of the molecule is NC(CS)C(=O)NC(Cc1ccc(O)cc1)C(=O)O. The molecule has 0 aromatic heterocycles. The number of amides is 1. The van der Waals surface area contributed by atoms with Gasteiger partial charge in [0.1, 0.15) is 11.8 Å². The number of benzene rings is 1. The van der Waals surface area contributed by atoms with E-state index in [0.717, 1.165) is 0 Å². The molecule has 6 nitrogen and oxygen atoms in total. The number of phenols is 1. The van der Waals surface area contributed by atoms with Crippen molar-refractivity contribution in [2.24, 2.45) is 5.73 Å². The van der Waals surface area contributed by atoms with Crippen molar-refractivity contribution in [1.82, 2.24) is 5.32 Å². The van der Waals surface area contributed by atoms with Crippen molar-refractivity contribution in [3.8, 4) is 5.75 Å². The largest absolute Gasteiger partial charge is 0.508 e. The number of aromatic hydroxyl groups is 1. The standard InChI is InChI=1S/C12H16N2O4S/c13-9(6-19)11(16)14-10(12(17)18)5-7-1-3-8(15)4-2-7/h1-4,9-10,15,19H,5-6,13H2,(H,14,16)(H,17,18). The fourth-order valence-corrected chi connectivity index (χ4v) is 1.60. The molecule has 0 fully saturated rings. The molecule has 0 saturated carbocycles. The Morgan fingerprint density at radius 2 is 1.89 bits per heavy atom. The summed E-state index contributed by atoms with van der Waals surface area (Å²) >= 11 is 3.88. The normalized spacial score (nSPS) is 13.6. The summed E-state index contributed by atoms with van der Waals surface area (Å²) < 4.78 is 0. The van der Waals surface area contributed by atoms with Crippen molar-refractivity contribution in [2.45, 2.75) is 18.5 Å². The summed E-state index contributed by atoms with van der Waals surface area (Å²) in [6, 6.07) is 4.18. The lowest BCUT2D eigenvalue weighted by molar-refractivity contribution is -0.141. The van der Waals surface area contributed by atoms with Gasteiger partial charge in [0.25, 0.3) is 0 Å². The van der Waals surface area contributed by atoms with Gasteiger partial charge in [0.2, 0.25) is 5.91 Å². The number of carboxylic acid groups (broad SMARTS) is 1. The molecule has 0 radical (unpaired) electrons. The lowest BCUT2D eigenvalue weighted by atomic mass is 10.1. The number of hydrogen-bond acceptors (Lipinski definition) is 5. The zero-order valence-electron chi connectivity index (χ0n) is 10.1. The minimum absolute atomic E-state index is 0.0942. The highest BCUT2D eigenvalue weighted by atomic mass is 32.1. The lowest BCUT2D eigenvalue weighted by Gasteiger charge is -2.17. The third kappa shape index (κ3) is 4.80. The minimum atomic E-state index is -1.15. The molecular weight excluding hydrogens is 268 g/mol. The van der Waals surface area contributed by atoms with Crippen molar-refractivity contribution >= 4 is 24.5 Å². The smallest absolute Gasteiger partial charge is 0.326 e. The van der Waals surface area contributed by atoms with E-state index in [9.17, 15) is 9.59 Å². The van der Waals surface area contributed by atoms with Crippen molar-refractivity contribution in [2.75, 3.05) is 5.75 Å². The third-order valence-electron chi connectivity index (χ3n) is 2.52. The van der Waals surface area contributed by atoms with Crippen LogP contribution in [0.5, 0.6) is 5.75 Å². The molecule has 1 rings (SSSR count). The first kappa shape index (κ1) is 15.3. The Kier molecular flexibility index (Phi) is 5.65. The Morgan fingerprint density at radius 3 is 2.37 bits per heavy atom. The quantitative estimate of drug-likeness (QED) is 0.463. The number of phenolic OH excluding ortho intramolecular Hbond substituents is 1. The van der Waals surface area contributed by atoms with Gasteiger partial charge in [0.05, 0.1) is 6.04 Å². The van der Waals surface area contributed by atoms with Gasteiger partial charge in [0.15, 0.2) is 0 Å². The average Bonchev–Trinajstić information content (AvgIpc) is 2.39. The molecule has 0 aliphatic rings. The van der Waals surface area contributed by atoms with Gasteiger partial charge < -0.3 is 21.3 Å². The molecule has 5 N–H and O–H groups in total. The maximum atomic E-state index is 11.5. The molecule has 2 atom stereocenters. The van der Waals surface area contributed by atoms with Gasteiger partial charge in [0, 0.05) is 12.2 Å². The third-order valence-corrected chi connectivity index (χ3v) is 2.92. The number of nitrogens with one attached hydrogen (secondary N) is 1. The molecule has 0 bridgehead atoms. The first-order valence-electron chi connectivity index (χ1n) is 5.61. The van der Waals surface area contributed by atoms with Crippen LogP contribution in [0.1, 0.15) is 5.56 Å². The summed E-state index contributed by atoms with van der Waals surface area (Å²) in [7, 11) is 0. The number of hydrogen-bond donors (Lipinski definition) is 5. The molecular formula is C12H16N2O4S. The van der Waals surface area contributed by atoms with E-state index in [1.54, 1.807) is 12.1 Å². The number of rotatable bonds is 6. The molecule has 0 saturated heterocycles. The predicted molar refractivity (Wildman–Crippen MR) is 73.2 cm³/mol. The van der Waals surface area contributed by atoms with E-state index in [1.165, 1.54) is 12.1 Å². The van der Waals surface area contributed by atoms with Crippen LogP contribution in [0.25, 0.3) is 0 Å². The molecule has 0 aliphatic heterocycles. The van der Waals surface area contributed by atoms with E-state index in [2.05, 4.69) is 17.9 Å². The second kappa shape index (κ2) is 7.01. The van der Waals surface area contributed by atoms with Crippen LogP contribution in [0.3, 0.4) is 0 Å². The fraction of sp³-hybridized carbons (Fsp3) is 0.333. The molecule has 1 aromatic carbocycles. The van der Waals surface area contributed by atoms with Gasteiger partial charge >= 0.3 is 5.97 Å². The highest BCUT2D eigenvalue weighted by Crippen LogP contribution is 2.11. The summed E-state index contributed by atoms with van der Waals surface area (Å²) in [4.78, 5) is 22.6. The summed E-state index contributed by atoms with van der Waals surface area (Å²) in [5.74, 6) is -1.47. The Bertz CT molecular complexity index is 450. The van der Waals surface area contributed by atoms with E-state index >= 15 is 0 Å². The van der Waals surface area contributed by atoms with Crippen molar-refractivity contribution in [3.05, 3.63) is 29.8 Å². The number of nitrogens with two attached hydrogens (primary N) is 1. The van der Waals surface area contributed by atoms with Gasteiger partial charge in [-0.15, -0.1) is 0 Å². The topological polar surface area (TPSA) is 113 Å². The first-order chi connectivity index (χ1) is 8.93. The van der Waals surface area contributed by atoms with E-state index in [4.69, 9.17) is 15.9 Å². The zero-order valence-corrected chi connectivity index (χ0v) is 11.0. The average molecular weight is 284 g/mol. The van der Waals surface area contributed by atoms with Crippen LogP contribution >= 0.6 is 12.6 Å². The molecule has 1 aromatic rings. The van der Waals surface area contributed by atoms with Gasteiger partial charge in [-0.2, -0.15) is 12.6 Å². The van der Waals surface area contributed by atoms with E-state index in [0.29, 0.717) is 5.56 Å². The van der Waals surface area contributed by atoms with Crippen LogP contribution in [0.15, 0.2) is 24.3 Å². The van der Waals surface area contributed by atoms with E-state index < -0.39 is 24.0 Å². The number of carboxylic acids is 1. The Balaban J connectivity index is 2.71. The summed E-state index contributed by atoms with van der Waals surface area (Å²) in [6.07, 6.45) is 0.112. The lowest BCUT2D eigenvalue weighted by Crippen LogP contribution is -2.50. The number of aliphatic carboxylic acids is 1. The maximum Gasteiger partial charge on any atom is 0.326 e. The second-order valence-electron chi connectivity index (χ2n) is 4.06. The fourth-order valence-electron chi connectivity index (χ4n) is 1.43. The highest BCUT2D eigenvalue weighted by Gasteiger charge is 2.22. The summed E-state index contributed by atoms with van der Waals surface area (Å²) in [6.45, 7) is 0. The molecule has 7 heteroatoms. The van der Waals surface area contributed by atoms with Gasteiger partial charge in [-0.3, -0.25) is 4.79 Å². The molecule has 1 amide bonds. The van der Waals surface area contributed by atoms with E-state index in [1.807, 2.05) is 0 Å². The Morgan fingerprint density at radius 1 is 1.32 bits per heavy atom. The van der Waals surface area contributed by atoms with Crippen molar-refractivity contribution in [3.63, 3.8) is 0 Å². The molecule has 19 heavy (non-hydrogen) atoms. The predicted octanol–water partition coefficient (Wildman–Crippen LogP) is -0.239. The van der Waals surface area contributed by atoms with Gasteiger partial charge in [-0.1, -0.05) is 12.1 Å². The number of thiol groups is 1. The van der Waals surface area contributed by atoms with Crippen LogP contribution in [0, 0.1) is 0 Å². The van der Waals surface area contributed by atoms with Crippen LogP contribution in [0.2, 0.25) is 0 Å². The van der Waals surface area contributed by atoms with Crippen molar-refractivity contribution < 1.29 is 19.8 Å². The molecule has 0 aliphatic carbocycles. The monoisotopic (exact) mass is 284 g/mol. The van der Waals surface area contributed by atoms with Crippen LogP contribution in [-0.4, -0.2) is 39.9 Å². The van der Waals surface area contributed by atoms with Crippen LogP contribution < -0.4 is 11.1 Å². The summed E-state index contributed by atoms with van der Waals surface area (Å²) in [5.41, 5.74) is 6.15. The zero-order chi connectivity index (χ0) is 14.4. The number of carbonyl (C=O) groups is 2. The van der Waals surface area contributed by atoms with E-state index in [-0.39, 0.29) is 17.9 Å². The second-order valence-corrected chi connectivity index (χ2v) is 4.42. The Labute approximate surface area is 116 Å². The first-order valence-corrected chi connectivity index (χ1v) is 6.24. The Hall–Kier alpha value is -1.73. The van der Waals surface area contributed by atoms with Crippen LogP contribution in [0.4, 0.5) is 0 Å². The number of carbonyl (C=O) groups excluding carboxylic acids is 1. The highest BCUT2D eigenvalue weighted by molar-refractivity contribution is 7.80. The van der Waals surface area contributed by atoms with Crippen molar-refractivity contribution in [1.29, 1.82) is 0 Å². The molecule has 2 unspecified atom stereocenters. The molecule has 104 valence electrons. The summed E-state index contributed by atoms with van der Waals surface area (Å²) in [5, 5.41) is 20.6. The maximum absolute atomic E-state index is 11.5. The van der Waals surface area contributed by atoms with Gasteiger partial charge in [-0.25, -0.2) is 4.79 Å².